The quantitative estimate of drug-likeness (QED) is 0.850. The molecule has 1 N–H and O–H groups in total. The van der Waals surface area contributed by atoms with Gasteiger partial charge >= 0.3 is 11.9 Å². The minimum atomic E-state index is -4.27. The van der Waals surface area contributed by atoms with Crippen molar-refractivity contribution < 1.29 is 18.0 Å². The molecule has 1 fully saturated rings. The van der Waals surface area contributed by atoms with E-state index in [4.69, 9.17) is 0 Å². The largest absolute Gasteiger partial charge is 0.391 e. The van der Waals surface area contributed by atoms with E-state index >= 15 is 0 Å². The highest BCUT2D eigenvalue weighted by molar-refractivity contribution is 5.96. The average molecular weight is 384 g/mol. The normalized spacial score (nSPS) is 20.6. The highest BCUT2D eigenvalue weighted by atomic mass is 19.4. The number of hydrogen-bond acceptors (Lipinski definition) is 4. The first-order valence-corrected chi connectivity index (χ1v) is 8.53. The summed E-state index contributed by atoms with van der Waals surface area (Å²) in [5.41, 5.74) is -0.940. The molecule has 0 saturated heterocycles. The average Bonchev–Trinajstić information content (AvgIpc) is 2.63. The van der Waals surface area contributed by atoms with Crippen molar-refractivity contribution in [3.63, 3.8) is 0 Å². The molecular weight excluding hydrogens is 365 g/mol. The second-order valence-electron chi connectivity index (χ2n) is 6.88. The summed E-state index contributed by atoms with van der Waals surface area (Å²) in [6.45, 7) is 0. The molecule has 2 aromatic rings. The molecular formula is C17H19F3N4O3. The zero-order valence-electron chi connectivity index (χ0n) is 14.8. The number of carbonyl (C=O) groups is 1. The van der Waals surface area contributed by atoms with Gasteiger partial charge in [-0.05, 0) is 25.3 Å². The summed E-state index contributed by atoms with van der Waals surface area (Å²) in [5, 5.41) is 2.69. The molecule has 1 amide bonds. The van der Waals surface area contributed by atoms with E-state index in [2.05, 4.69) is 10.3 Å². The van der Waals surface area contributed by atoms with Gasteiger partial charge in [0.2, 0.25) is 0 Å². The molecule has 0 spiro atoms. The van der Waals surface area contributed by atoms with E-state index in [0.717, 1.165) is 4.57 Å². The molecule has 1 aliphatic carbocycles. The number of aryl methyl sites for hydroxylation is 1. The molecule has 0 unspecified atom stereocenters. The number of halogens is 3. The summed E-state index contributed by atoms with van der Waals surface area (Å²) >= 11 is 0. The lowest BCUT2D eigenvalue weighted by Crippen LogP contribution is -2.41. The van der Waals surface area contributed by atoms with Crippen molar-refractivity contribution in [1.82, 2.24) is 19.4 Å². The standard InChI is InChI=1S/C17H19F3N4O3/c1-23-13-12(15(26)24(2)16(23)27)6-9(8-21-13)14(25)22-11-5-3-4-10(7-11)17(18,19)20/h6,8,10-11H,3-5,7H2,1-2H3,(H,22,25)/t10-,11+/m0/s1. The van der Waals surface area contributed by atoms with Crippen molar-refractivity contribution in [2.45, 2.75) is 37.9 Å². The summed E-state index contributed by atoms with van der Waals surface area (Å²) in [5.74, 6) is -2.01. The van der Waals surface area contributed by atoms with Crippen LogP contribution in [-0.4, -0.2) is 32.2 Å². The summed E-state index contributed by atoms with van der Waals surface area (Å²) < 4.78 is 40.8. The molecule has 2 heterocycles. The van der Waals surface area contributed by atoms with Crippen LogP contribution in [0.2, 0.25) is 0 Å². The van der Waals surface area contributed by atoms with Crippen LogP contribution in [0.3, 0.4) is 0 Å². The van der Waals surface area contributed by atoms with Crippen LogP contribution in [0.1, 0.15) is 36.0 Å². The summed E-state index contributed by atoms with van der Waals surface area (Å²) in [7, 11) is 2.77. The van der Waals surface area contributed by atoms with E-state index in [0.29, 0.717) is 12.8 Å². The van der Waals surface area contributed by atoms with Crippen molar-refractivity contribution >= 4 is 16.9 Å². The first-order chi connectivity index (χ1) is 12.6. The Kier molecular flexibility index (Phi) is 4.83. The van der Waals surface area contributed by atoms with Gasteiger partial charge in [-0.25, -0.2) is 9.78 Å². The molecule has 3 rings (SSSR count). The number of nitrogens with one attached hydrogen (secondary N) is 1. The Labute approximate surface area is 151 Å². The predicted octanol–water partition coefficient (Wildman–Crippen LogP) is 1.48. The molecule has 27 heavy (non-hydrogen) atoms. The fourth-order valence-electron chi connectivity index (χ4n) is 3.48. The number of alkyl halides is 3. The Hall–Kier alpha value is -2.65. The van der Waals surface area contributed by atoms with Crippen molar-refractivity contribution in [2.24, 2.45) is 20.0 Å². The zero-order chi connectivity index (χ0) is 19.9. The number of carbonyl (C=O) groups excluding carboxylic acids is 1. The summed E-state index contributed by atoms with van der Waals surface area (Å²) in [6.07, 6.45) is -2.31. The maximum absolute atomic E-state index is 12.9. The van der Waals surface area contributed by atoms with Gasteiger partial charge in [-0.15, -0.1) is 0 Å². The van der Waals surface area contributed by atoms with Crippen LogP contribution >= 0.6 is 0 Å². The molecule has 146 valence electrons. The van der Waals surface area contributed by atoms with E-state index in [-0.39, 0.29) is 29.4 Å². The first-order valence-electron chi connectivity index (χ1n) is 8.53. The van der Waals surface area contributed by atoms with Gasteiger partial charge in [0.05, 0.1) is 16.9 Å². The lowest BCUT2D eigenvalue weighted by molar-refractivity contribution is -0.183. The number of aromatic nitrogens is 3. The van der Waals surface area contributed by atoms with Crippen molar-refractivity contribution in [2.75, 3.05) is 0 Å². The van der Waals surface area contributed by atoms with Gasteiger partial charge in [-0.2, -0.15) is 13.2 Å². The lowest BCUT2D eigenvalue weighted by atomic mass is 9.85. The Morgan fingerprint density at radius 2 is 1.93 bits per heavy atom. The van der Waals surface area contributed by atoms with Gasteiger partial charge in [-0.3, -0.25) is 18.7 Å². The van der Waals surface area contributed by atoms with Crippen LogP contribution in [0.15, 0.2) is 21.9 Å². The Balaban J connectivity index is 1.86. The third kappa shape index (κ3) is 3.60. The SMILES string of the molecule is Cn1c(=O)c2cc(C(=O)N[C@@H]3CCC[C@H](C(F)(F)F)C3)cnc2n(C)c1=O. The number of hydrogen-bond donors (Lipinski definition) is 1. The Bertz CT molecular complexity index is 1010. The number of pyridine rings is 1. The van der Waals surface area contributed by atoms with E-state index in [9.17, 15) is 27.6 Å². The van der Waals surface area contributed by atoms with Gasteiger partial charge in [0.25, 0.3) is 11.5 Å². The zero-order valence-corrected chi connectivity index (χ0v) is 14.8. The van der Waals surface area contributed by atoms with Crippen LogP contribution in [0.4, 0.5) is 13.2 Å². The Morgan fingerprint density at radius 3 is 2.59 bits per heavy atom. The third-order valence-corrected chi connectivity index (χ3v) is 5.03. The van der Waals surface area contributed by atoms with Crippen molar-refractivity contribution in [1.29, 1.82) is 0 Å². The Morgan fingerprint density at radius 1 is 1.22 bits per heavy atom. The van der Waals surface area contributed by atoms with E-state index in [1.54, 1.807) is 0 Å². The monoisotopic (exact) mass is 384 g/mol. The molecule has 0 aromatic carbocycles. The second kappa shape index (κ2) is 6.82. The maximum Gasteiger partial charge on any atom is 0.391 e. The second-order valence-corrected chi connectivity index (χ2v) is 6.88. The number of fused-ring (bicyclic) bond motifs is 1. The van der Waals surface area contributed by atoms with Crippen LogP contribution in [0.5, 0.6) is 0 Å². The number of amides is 1. The number of nitrogens with zero attached hydrogens (tertiary/aromatic N) is 3. The van der Waals surface area contributed by atoms with Crippen LogP contribution in [0, 0.1) is 5.92 Å². The molecule has 1 saturated carbocycles. The maximum atomic E-state index is 12.9. The molecule has 0 bridgehead atoms. The lowest BCUT2D eigenvalue weighted by Gasteiger charge is -2.31. The third-order valence-electron chi connectivity index (χ3n) is 5.03. The van der Waals surface area contributed by atoms with Gasteiger partial charge in [0.1, 0.15) is 5.65 Å². The van der Waals surface area contributed by atoms with Gasteiger partial charge in [0.15, 0.2) is 0 Å². The fraction of sp³-hybridized carbons (Fsp3) is 0.529. The van der Waals surface area contributed by atoms with Crippen LogP contribution in [0.25, 0.3) is 11.0 Å². The van der Waals surface area contributed by atoms with Gasteiger partial charge < -0.3 is 5.32 Å². The molecule has 0 radical (unpaired) electrons. The fourth-order valence-corrected chi connectivity index (χ4v) is 3.48. The highest BCUT2D eigenvalue weighted by Crippen LogP contribution is 2.37. The van der Waals surface area contributed by atoms with E-state index < -0.39 is 35.3 Å². The summed E-state index contributed by atoms with van der Waals surface area (Å²) in [6, 6.07) is 0.722. The smallest absolute Gasteiger partial charge is 0.349 e. The van der Waals surface area contributed by atoms with E-state index in [1.165, 1.54) is 30.9 Å². The molecule has 2 aromatic heterocycles. The van der Waals surface area contributed by atoms with Crippen molar-refractivity contribution in [3.05, 3.63) is 38.7 Å². The van der Waals surface area contributed by atoms with Crippen molar-refractivity contribution in [3.8, 4) is 0 Å². The molecule has 2 atom stereocenters. The molecule has 7 nitrogen and oxygen atoms in total. The van der Waals surface area contributed by atoms with E-state index in [1.807, 2.05) is 0 Å². The number of rotatable bonds is 2. The first kappa shape index (κ1) is 19.1. The topological polar surface area (TPSA) is 86.0 Å². The molecule has 0 aliphatic heterocycles. The minimum absolute atomic E-state index is 0.0624. The van der Waals surface area contributed by atoms with Crippen LogP contribution in [-0.2, 0) is 14.1 Å². The minimum Gasteiger partial charge on any atom is -0.349 e. The molecule has 10 heteroatoms. The van der Waals surface area contributed by atoms with Crippen LogP contribution < -0.4 is 16.6 Å². The van der Waals surface area contributed by atoms with Gasteiger partial charge in [-0.1, -0.05) is 6.42 Å². The summed E-state index contributed by atoms with van der Waals surface area (Å²) in [4.78, 5) is 40.7. The predicted molar refractivity (Wildman–Crippen MR) is 91.5 cm³/mol. The highest BCUT2D eigenvalue weighted by Gasteiger charge is 2.42. The van der Waals surface area contributed by atoms with Gasteiger partial charge in [0, 0.05) is 26.3 Å². The molecule has 1 aliphatic rings.